The van der Waals surface area contributed by atoms with Gasteiger partial charge in [-0.25, -0.2) is 5.43 Å². The maximum absolute atomic E-state index is 5.64. The Bertz CT molecular complexity index is 505. The van der Waals surface area contributed by atoms with E-state index in [9.17, 15) is 0 Å². The Balaban J connectivity index is 1.74. The number of nitrogens with one attached hydrogen (secondary N) is 2. The van der Waals surface area contributed by atoms with E-state index in [2.05, 4.69) is 54.7 Å². The molecule has 3 atom stereocenters. The number of hydrazine groups is 1. The highest BCUT2D eigenvalue weighted by molar-refractivity contribution is 5.34. The fourth-order valence-electron chi connectivity index (χ4n) is 3.74. The van der Waals surface area contributed by atoms with Gasteiger partial charge in [0.25, 0.3) is 0 Å². The van der Waals surface area contributed by atoms with E-state index in [0.717, 1.165) is 32.8 Å². The molecule has 2 unspecified atom stereocenters. The zero-order valence-corrected chi connectivity index (χ0v) is 14.1. The van der Waals surface area contributed by atoms with Crippen molar-refractivity contribution in [1.82, 2.24) is 15.8 Å². The second-order valence-electron chi connectivity index (χ2n) is 6.75. The topological polar surface area (TPSA) is 36.5 Å². The molecular formula is C18H29N3O. The lowest BCUT2D eigenvalue weighted by atomic mass is 9.90. The number of rotatable bonds is 4. The van der Waals surface area contributed by atoms with E-state index in [1.807, 2.05) is 0 Å². The third-order valence-corrected chi connectivity index (χ3v) is 5.15. The van der Waals surface area contributed by atoms with Crippen LogP contribution in [0.5, 0.6) is 0 Å². The van der Waals surface area contributed by atoms with Crippen LogP contribution in [-0.4, -0.2) is 43.8 Å². The van der Waals surface area contributed by atoms with Gasteiger partial charge in [-0.15, -0.1) is 0 Å². The van der Waals surface area contributed by atoms with Crippen LogP contribution in [0.2, 0.25) is 0 Å². The molecule has 0 saturated carbocycles. The first-order chi connectivity index (χ1) is 10.7. The molecule has 2 aliphatic rings. The number of hydrogen-bond acceptors (Lipinski definition) is 4. The second-order valence-corrected chi connectivity index (χ2v) is 6.75. The lowest BCUT2D eigenvalue weighted by Gasteiger charge is -2.37. The van der Waals surface area contributed by atoms with Crippen molar-refractivity contribution in [2.75, 3.05) is 32.8 Å². The molecular weight excluding hydrogens is 274 g/mol. The van der Waals surface area contributed by atoms with Gasteiger partial charge in [-0.2, -0.15) is 0 Å². The molecule has 2 aliphatic heterocycles. The summed E-state index contributed by atoms with van der Waals surface area (Å²) in [4.78, 5) is 2.63. The molecule has 1 aromatic rings. The maximum Gasteiger partial charge on any atom is 0.0622 e. The van der Waals surface area contributed by atoms with Crippen LogP contribution in [0.1, 0.15) is 36.1 Å². The van der Waals surface area contributed by atoms with Crippen molar-refractivity contribution in [3.63, 3.8) is 0 Å². The first-order valence-electron chi connectivity index (χ1n) is 8.56. The lowest BCUT2D eigenvalue weighted by molar-refractivity contribution is -0.0154. The molecule has 0 bridgehead atoms. The van der Waals surface area contributed by atoms with Crippen LogP contribution in [0.3, 0.4) is 0 Å². The monoisotopic (exact) mass is 303 g/mol. The minimum Gasteiger partial charge on any atom is -0.378 e. The fraction of sp³-hybridized carbons (Fsp3) is 0.667. The van der Waals surface area contributed by atoms with E-state index in [0.29, 0.717) is 18.0 Å². The van der Waals surface area contributed by atoms with Crippen LogP contribution in [0.4, 0.5) is 0 Å². The summed E-state index contributed by atoms with van der Waals surface area (Å²) in [7, 11) is 0. The highest BCUT2D eigenvalue weighted by Crippen LogP contribution is 2.29. The molecule has 0 amide bonds. The molecule has 1 aromatic carbocycles. The highest BCUT2D eigenvalue weighted by atomic mass is 16.5. The van der Waals surface area contributed by atoms with Crippen LogP contribution in [-0.2, 0) is 4.74 Å². The molecule has 2 saturated heterocycles. The largest absolute Gasteiger partial charge is 0.378 e. The highest BCUT2D eigenvalue weighted by Gasteiger charge is 2.33. The summed E-state index contributed by atoms with van der Waals surface area (Å²) in [5, 5.41) is 0. The predicted octanol–water partition coefficient (Wildman–Crippen LogP) is 2.18. The summed E-state index contributed by atoms with van der Waals surface area (Å²) in [5.74, 6) is 0.604. The molecule has 0 aromatic heterocycles. The standard InChI is InChI=1S/C18H29N3O/c1-4-16-12-22-8-7-21(16)11-15-10-19-20-18(15)17-9-13(2)5-6-14(17)3/h5-6,9,15-16,18-20H,4,7-8,10-12H2,1-3H3/t15?,16-,18?/m0/s1. The molecule has 0 radical (unpaired) electrons. The van der Waals surface area contributed by atoms with Gasteiger partial charge in [-0.3, -0.25) is 10.3 Å². The van der Waals surface area contributed by atoms with Crippen molar-refractivity contribution in [3.8, 4) is 0 Å². The minimum atomic E-state index is 0.403. The van der Waals surface area contributed by atoms with E-state index in [4.69, 9.17) is 4.74 Å². The molecule has 122 valence electrons. The second kappa shape index (κ2) is 7.09. The Labute approximate surface area is 134 Å². The quantitative estimate of drug-likeness (QED) is 0.894. The van der Waals surface area contributed by atoms with E-state index < -0.39 is 0 Å². The molecule has 0 spiro atoms. The van der Waals surface area contributed by atoms with Gasteiger partial charge < -0.3 is 4.74 Å². The van der Waals surface area contributed by atoms with Gasteiger partial charge in [0.15, 0.2) is 0 Å². The SMILES string of the molecule is CC[C@H]1COCCN1CC1CNNC1c1cc(C)ccc1C. The van der Waals surface area contributed by atoms with Gasteiger partial charge in [0.05, 0.1) is 19.3 Å². The molecule has 4 nitrogen and oxygen atoms in total. The van der Waals surface area contributed by atoms with Gasteiger partial charge in [0, 0.05) is 31.6 Å². The average Bonchev–Trinajstić information content (AvgIpc) is 2.98. The Morgan fingerprint density at radius 1 is 1.32 bits per heavy atom. The third-order valence-electron chi connectivity index (χ3n) is 5.15. The third kappa shape index (κ3) is 3.35. The first-order valence-corrected chi connectivity index (χ1v) is 8.56. The molecule has 3 rings (SSSR count). The zero-order chi connectivity index (χ0) is 15.5. The van der Waals surface area contributed by atoms with Crippen LogP contribution < -0.4 is 10.9 Å². The summed E-state index contributed by atoms with van der Waals surface area (Å²) in [6.45, 7) is 11.7. The smallest absolute Gasteiger partial charge is 0.0622 e. The molecule has 2 N–H and O–H groups in total. The van der Waals surface area contributed by atoms with Crippen LogP contribution >= 0.6 is 0 Å². The number of aryl methyl sites for hydroxylation is 2. The summed E-state index contributed by atoms with van der Waals surface area (Å²) in [6.07, 6.45) is 1.17. The lowest BCUT2D eigenvalue weighted by Crippen LogP contribution is -2.48. The molecule has 4 heteroatoms. The average molecular weight is 303 g/mol. The zero-order valence-electron chi connectivity index (χ0n) is 14.1. The Hall–Kier alpha value is -0.940. The van der Waals surface area contributed by atoms with Crippen molar-refractivity contribution in [3.05, 3.63) is 34.9 Å². The molecule has 2 heterocycles. The fourth-order valence-corrected chi connectivity index (χ4v) is 3.74. The number of ether oxygens (including phenoxy) is 1. The van der Waals surface area contributed by atoms with Gasteiger partial charge in [0.2, 0.25) is 0 Å². The molecule has 2 fully saturated rings. The van der Waals surface area contributed by atoms with Crippen LogP contribution in [0.15, 0.2) is 18.2 Å². The van der Waals surface area contributed by atoms with E-state index in [1.165, 1.54) is 23.1 Å². The minimum absolute atomic E-state index is 0.403. The Morgan fingerprint density at radius 3 is 3.00 bits per heavy atom. The van der Waals surface area contributed by atoms with E-state index in [1.54, 1.807) is 0 Å². The number of morpholine rings is 1. The van der Waals surface area contributed by atoms with Gasteiger partial charge >= 0.3 is 0 Å². The summed E-state index contributed by atoms with van der Waals surface area (Å²) < 4.78 is 5.64. The maximum atomic E-state index is 5.64. The number of nitrogens with zero attached hydrogens (tertiary/aromatic N) is 1. The van der Waals surface area contributed by atoms with Gasteiger partial charge in [-0.05, 0) is 31.4 Å². The summed E-state index contributed by atoms with van der Waals surface area (Å²) >= 11 is 0. The van der Waals surface area contributed by atoms with Gasteiger partial charge in [0.1, 0.15) is 0 Å². The van der Waals surface area contributed by atoms with E-state index >= 15 is 0 Å². The number of benzene rings is 1. The van der Waals surface area contributed by atoms with Crippen molar-refractivity contribution in [2.24, 2.45) is 5.92 Å². The summed E-state index contributed by atoms with van der Waals surface area (Å²) in [6, 6.07) is 7.76. The Kier molecular flexibility index (Phi) is 5.14. The van der Waals surface area contributed by atoms with Crippen molar-refractivity contribution >= 4 is 0 Å². The van der Waals surface area contributed by atoms with Crippen molar-refractivity contribution < 1.29 is 4.74 Å². The van der Waals surface area contributed by atoms with Gasteiger partial charge in [-0.1, -0.05) is 30.7 Å². The summed E-state index contributed by atoms with van der Waals surface area (Å²) in [5.41, 5.74) is 11.0. The first kappa shape index (κ1) is 15.9. The van der Waals surface area contributed by atoms with E-state index in [-0.39, 0.29) is 0 Å². The number of hydrogen-bond donors (Lipinski definition) is 2. The molecule has 0 aliphatic carbocycles. The van der Waals surface area contributed by atoms with Crippen LogP contribution in [0.25, 0.3) is 0 Å². The normalized spacial score (nSPS) is 29.9. The van der Waals surface area contributed by atoms with Crippen molar-refractivity contribution in [1.29, 1.82) is 0 Å². The predicted molar refractivity (Wildman–Crippen MR) is 89.8 cm³/mol. The van der Waals surface area contributed by atoms with Crippen molar-refractivity contribution in [2.45, 2.75) is 39.3 Å². The van der Waals surface area contributed by atoms with Crippen LogP contribution in [0, 0.1) is 19.8 Å². The Morgan fingerprint density at radius 2 is 2.18 bits per heavy atom. The molecule has 22 heavy (non-hydrogen) atoms.